The maximum Gasteiger partial charge on any atom is 0.123 e. The summed E-state index contributed by atoms with van der Waals surface area (Å²) < 4.78 is 5.58. The number of fused-ring (bicyclic) bond motifs is 1. The molecule has 118 valence electrons. The number of halogens is 3. The van der Waals surface area contributed by atoms with Gasteiger partial charge in [-0.1, -0.05) is 41.4 Å². The molecule has 1 atom stereocenters. The average Bonchev–Trinajstić information content (AvgIpc) is 2.48. The summed E-state index contributed by atoms with van der Waals surface area (Å²) in [6.45, 7) is 1.87. The minimum absolute atomic E-state index is 0. The molecule has 0 radical (unpaired) electrons. The number of ether oxygens (including phenoxy) is 1. The molecule has 3 rings (SSSR count). The number of rotatable bonds is 2. The second-order valence-corrected chi connectivity index (χ2v) is 6.27. The van der Waals surface area contributed by atoms with Crippen molar-refractivity contribution in [1.82, 2.24) is 4.90 Å². The number of methoxy groups -OCH3 is 1. The van der Waals surface area contributed by atoms with Crippen LogP contribution in [-0.2, 0) is 6.54 Å². The van der Waals surface area contributed by atoms with E-state index >= 15 is 0 Å². The van der Waals surface area contributed by atoms with Crippen molar-refractivity contribution in [3.8, 4) is 5.75 Å². The van der Waals surface area contributed by atoms with Gasteiger partial charge in [0.05, 0.1) is 17.2 Å². The fraction of sp³-hybridized carbons (Fsp3) is 0.294. The van der Waals surface area contributed by atoms with E-state index in [0.717, 1.165) is 18.8 Å². The van der Waals surface area contributed by atoms with Gasteiger partial charge in [-0.25, -0.2) is 0 Å². The van der Waals surface area contributed by atoms with Gasteiger partial charge in [-0.15, -0.1) is 12.4 Å². The fourth-order valence-electron chi connectivity index (χ4n) is 3.06. The summed E-state index contributed by atoms with van der Waals surface area (Å²) in [5, 5.41) is 1.18. The van der Waals surface area contributed by atoms with Gasteiger partial charge in [-0.05, 0) is 36.4 Å². The van der Waals surface area contributed by atoms with E-state index < -0.39 is 0 Å². The third-order valence-corrected chi connectivity index (χ3v) is 4.74. The maximum absolute atomic E-state index is 6.19. The Kier molecular flexibility index (Phi) is 5.62. The topological polar surface area (TPSA) is 12.5 Å². The van der Waals surface area contributed by atoms with Crippen molar-refractivity contribution in [2.75, 3.05) is 20.7 Å². The van der Waals surface area contributed by atoms with Crippen LogP contribution in [0, 0.1) is 0 Å². The average molecular weight is 359 g/mol. The molecule has 5 heteroatoms. The first-order valence-electron chi connectivity index (χ1n) is 6.89. The van der Waals surface area contributed by atoms with Crippen molar-refractivity contribution in [3.63, 3.8) is 0 Å². The number of likely N-dealkylation sites (N-methyl/N-ethyl adjacent to an activating group) is 1. The second-order valence-electron chi connectivity index (χ2n) is 5.46. The van der Waals surface area contributed by atoms with E-state index in [9.17, 15) is 0 Å². The van der Waals surface area contributed by atoms with Crippen LogP contribution in [0.25, 0.3) is 0 Å². The van der Waals surface area contributed by atoms with Crippen LogP contribution in [0.15, 0.2) is 36.4 Å². The summed E-state index contributed by atoms with van der Waals surface area (Å²) in [7, 11) is 3.85. The van der Waals surface area contributed by atoms with Gasteiger partial charge in [-0.3, -0.25) is 0 Å². The molecule has 2 aromatic rings. The van der Waals surface area contributed by atoms with Crippen molar-refractivity contribution in [2.24, 2.45) is 0 Å². The van der Waals surface area contributed by atoms with Crippen LogP contribution in [0.5, 0.6) is 5.75 Å². The zero-order valence-electron chi connectivity index (χ0n) is 12.5. The SMILES string of the molecule is COc1cccc2c1C(c1ccc(Cl)c(Cl)c1)CN(C)C2.Cl. The molecule has 0 fully saturated rings. The quantitative estimate of drug-likeness (QED) is 0.749. The standard InChI is InChI=1S/C17H17Cl2NO.ClH/c1-20-9-12-4-3-5-16(21-2)17(12)13(10-20)11-6-7-14(18)15(19)8-11;/h3-8,13H,9-10H2,1-2H3;1H. The van der Waals surface area contributed by atoms with E-state index in [1.165, 1.54) is 16.7 Å². The highest BCUT2D eigenvalue weighted by Crippen LogP contribution is 2.40. The van der Waals surface area contributed by atoms with Gasteiger partial charge >= 0.3 is 0 Å². The van der Waals surface area contributed by atoms with Crippen molar-refractivity contribution in [2.45, 2.75) is 12.5 Å². The molecule has 2 nitrogen and oxygen atoms in total. The molecule has 0 aliphatic carbocycles. The molecule has 1 aliphatic rings. The highest BCUT2D eigenvalue weighted by atomic mass is 35.5. The molecule has 0 N–H and O–H groups in total. The molecule has 0 amide bonds. The summed E-state index contributed by atoms with van der Waals surface area (Å²) in [5.41, 5.74) is 3.73. The van der Waals surface area contributed by atoms with E-state index in [0.29, 0.717) is 10.0 Å². The molecule has 0 aromatic heterocycles. The molecular formula is C17H18Cl3NO. The van der Waals surface area contributed by atoms with Gasteiger partial charge in [0.15, 0.2) is 0 Å². The lowest BCUT2D eigenvalue weighted by Gasteiger charge is -2.33. The largest absolute Gasteiger partial charge is 0.496 e. The number of hydrogen-bond donors (Lipinski definition) is 0. The molecule has 1 aliphatic heterocycles. The van der Waals surface area contributed by atoms with E-state index in [4.69, 9.17) is 27.9 Å². The Morgan fingerprint density at radius 2 is 1.91 bits per heavy atom. The zero-order chi connectivity index (χ0) is 15.0. The van der Waals surface area contributed by atoms with Crippen LogP contribution in [0.1, 0.15) is 22.6 Å². The molecule has 1 heterocycles. The van der Waals surface area contributed by atoms with Gasteiger partial charge in [-0.2, -0.15) is 0 Å². The van der Waals surface area contributed by atoms with Crippen LogP contribution in [0.3, 0.4) is 0 Å². The normalized spacial score (nSPS) is 17.5. The highest BCUT2D eigenvalue weighted by molar-refractivity contribution is 6.42. The molecule has 0 saturated carbocycles. The lowest BCUT2D eigenvalue weighted by atomic mass is 9.84. The summed E-state index contributed by atoms with van der Waals surface area (Å²) >= 11 is 12.2. The number of benzene rings is 2. The van der Waals surface area contributed by atoms with Crippen molar-refractivity contribution >= 4 is 35.6 Å². The monoisotopic (exact) mass is 357 g/mol. The van der Waals surface area contributed by atoms with E-state index in [1.54, 1.807) is 7.11 Å². The second kappa shape index (κ2) is 7.10. The lowest BCUT2D eigenvalue weighted by molar-refractivity contribution is 0.288. The van der Waals surface area contributed by atoms with Crippen LogP contribution in [-0.4, -0.2) is 25.6 Å². The van der Waals surface area contributed by atoms with Crippen LogP contribution in [0.2, 0.25) is 10.0 Å². The van der Waals surface area contributed by atoms with Gasteiger partial charge in [0.25, 0.3) is 0 Å². The predicted octanol–water partition coefficient (Wildman–Crippen LogP) is 5.00. The van der Waals surface area contributed by atoms with Crippen molar-refractivity contribution in [1.29, 1.82) is 0 Å². The van der Waals surface area contributed by atoms with Crippen LogP contribution < -0.4 is 4.74 Å². The van der Waals surface area contributed by atoms with Crippen molar-refractivity contribution in [3.05, 3.63) is 63.1 Å². The van der Waals surface area contributed by atoms with Crippen LogP contribution in [0.4, 0.5) is 0 Å². The number of hydrogen-bond acceptors (Lipinski definition) is 2. The predicted molar refractivity (Wildman–Crippen MR) is 94.9 cm³/mol. The third-order valence-electron chi connectivity index (χ3n) is 4.01. The van der Waals surface area contributed by atoms with Crippen LogP contribution >= 0.6 is 35.6 Å². The van der Waals surface area contributed by atoms with Gasteiger partial charge in [0.2, 0.25) is 0 Å². The summed E-state index contributed by atoms with van der Waals surface area (Å²) in [4.78, 5) is 2.31. The first-order valence-corrected chi connectivity index (χ1v) is 7.65. The lowest BCUT2D eigenvalue weighted by Crippen LogP contribution is -2.31. The molecule has 0 bridgehead atoms. The van der Waals surface area contributed by atoms with Gasteiger partial charge < -0.3 is 9.64 Å². The van der Waals surface area contributed by atoms with Crippen molar-refractivity contribution < 1.29 is 4.74 Å². The molecular weight excluding hydrogens is 341 g/mol. The Hall–Kier alpha value is -0.930. The van der Waals surface area contributed by atoms with E-state index in [-0.39, 0.29) is 18.3 Å². The summed E-state index contributed by atoms with van der Waals surface area (Å²) in [6.07, 6.45) is 0. The van der Waals surface area contributed by atoms with Gasteiger partial charge in [0.1, 0.15) is 5.75 Å². The smallest absolute Gasteiger partial charge is 0.123 e. The summed E-state index contributed by atoms with van der Waals surface area (Å²) in [5.74, 6) is 1.18. The molecule has 22 heavy (non-hydrogen) atoms. The highest BCUT2D eigenvalue weighted by Gasteiger charge is 2.28. The van der Waals surface area contributed by atoms with E-state index in [1.807, 2.05) is 30.3 Å². The van der Waals surface area contributed by atoms with Gasteiger partial charge in [0, 0.05) is 24.6 Å². The minimum Gasteiger partial charge on any atom is -0.496 e. The molecule has 0 saturated heterocycles. The first-order chi connectivity index (χ1) is 10.1. The minimum atomic E-state index is 0. The molecule has 1 unspecified atom stereocenters. The Morgan fingerprint density at radius 3 is 2.59 bits per heavy atom. The molecule has 0 spiro atoms. The maximum atomic E-state index is 6.19. The summed E-state index contributed by atoms with van der Waals surface area (Å²) in [6, 6.07) is 12.1. The first kappa shape index (κ1) is 17.4. The Balaban J connectivity index is 0.00000176. The molecule has 2 aromatic carbocycles. The fourth-order valence-corrected chi connectivity index (χ4v) is 3.37. The number of nitrogens with zero attached hydrogens (tertiary/aromatic N) is 1. The Bertz CT molecular complexity index is 675. The van der Waals surface area contributed by atoms with E-state index in [2.05, 4.69) is 18.0 Å². The Labute approximate surface area is 147 Å². The Morgan fingerprint density at radius 1 is 1.14 bits per heavy atom. The zero-order valence-corrected chi connectivity index (χ0v) is 14.8. The third kappa shape index (κ3) is 3.21.